The molecule has 1 aliphatic carbocycles. The molecule has 1 amide bonds. The number of fused-ring (bicyclic) bond motifs is 1. The van der Waals surface area contributed by atoms with Crippen LogP contribution in [0.25, 0.3) is 5.78 Å². The number of piperidine rings is 1. The molecule has 1 spiro atoms. The van der Waals surface area contributed by atoms with Crippen molar-refractivity contribution in [3.8, 4) is 0 Å². The van der Waals surface area contributed by atoms with Crippen LogP contribution in [-0.4, -0.2) is 81.1 Å². The summed E-state index contributed by atoms with van der Waals surface area (Å²) >= 11 is 0. The number of hydrogen-bond donors (Lipinski definition) is 1. The Bertz CT molecular complexity index is 1450. The van der Waals surface area contributed by atoms with Crippen molar-refractivity contribution in [1.82, 2.24) is 29.8 Å². The van der Waals surface area contributed by atoms with E-state index < -0.39 is 18.0 Å². The van der Waals surface area contributed by atoms with Crippen LogP contribution in [0.5, 0.6) is 0 Å². The van der Waals surface area contributed by atoms with E-state index in [0.29, 0.717) is 23.2 Å². The summed E-state index contributed by atoms with van der Waals surface area (Å²) in [6.45, 7) is 20.3. The molecular weight excluding hydrogens is 643 g/mol. The van der Waals surface area contributed by atoms with Gasteiger partial charge < -0.3 is 10.2 Å². The maximum atomic E-state index is 13.5. The molecule has 2 aromatic rings. The van der Waals surface area contributed by atoms with Crippen molar-refractivity contribution in [3.63, 3.8) is 0 Å². The lowest BCUT2D eigenvalue weighted by Gasteiger charge is -2.41. The van der Waals surface area contributed by atoms with E-state index in [2.05, 4.69) is 42.9 Å². The predicted octanol–water partition coefficient (Wildman–Crippen LogP) is 7.79. The van der Waals surface area contributed by atoms with Gasteiger partial charge in [-0.1, -0.05) is 73.8 Å². The van der Waals surface area contributed by atoms with Crippen molar-refractivity contribution in [2.75, 3.05) is 38.1 Å². The summed E-state index contributed by atoms with van der Waals surface area (Å²) < 4.78 is 42.2. The molecule has 3 aliphatic rings. The molecule has 282 valence electrons. The number of carbonyl (C=O) groups excluding carboxylic acids is 2. The molecule has 2 saturated heterocycles. The summed E-state index contributed by atoms with van der Waals surface area (Å²) in [7, 11) is 2.15. The number of allylic oxidation sites excluding steroid dienone is 2. The van der Waals surface area contributed by atoms with Crippen molar-refractivity contribution in [2.45, 2.75) is 131 Å². The van der Waals surface area contributed by atoms with E-state index in [9.17, 15) is 22.8 Å². The van der Waals surface area contributed by atoms with Crippen LogP contribution in [0.1, 0.15) is 125 Å². The SMILES string of the molecule is C/C=C(\C)C(=O)C(C)C.CC.CCC(C)CCCC(C)c1cn2nc(C[C@H]3CC(C(F)(F)F)CNC3=O)c(N3CCN(C)C4(CC4)C3)nc2n1. The van der Waals surface area contributed by atoms with Gasteiger partial charge in [-0.3, -0.25) is 14.5 Å². The summed E-state index contributed by atoms with van der Waals surface area (Å²) in [5, 5.41) is 7.33. The number of halogens is 3. The minimum absolute atomic E-state index is 0.119. The highest BCUT2D eigenvalue weighted by molar-refractivity contribution is 5.95. The fourth-order valence-electron chi connectivity index (χ4n) is 6.70. The number of ketones is 1. The minimum Gasteiger partial charge on any atom is -0.355 e. The predicted molar refractivity (Wildman–Crippen MR) is 194 cm³/mol. The van der Waals surface area contributed by atoms with E-state index in [1.54, 1.807) is 4.52 Å². The minimum atomic E-state index is -4.34. The van der Waals surface area contributed by atoms with E-state index in [4.69, 9.17) is 15.1 Å². The van der Waals surface area contributed by atoms with Crippen LogP contribution in [0.4, 0.5) is 19.0 Å². The van der Waals surface area contributed by atoms with Crippen LogP contribution < -0.4 is 10.2 Å². The Balaban J connectivity index is 0.000000536. The summed E-state index contributed by atoms with van der Waals surface area (Å²) in [5.41, 5.74) is 2.48. The second kappa shape index (κ2) is 18.0. The van der Waals surface area contributed by atoms with E-state index in [-0.39, 0.29) is 48.5 Å². The number of aromatic nitrogens is 4. The molecule has 4 heterocycles. The topological polar surface area (TPSA) is 95.7 Å². The molecule has 4 atom stereocenters. The molecule has 2 aromatic heterocycles. The van der Waals surface area contributed by atoms with Gasteiger partial charge in [0, 0.05) is 55.9 Å². The van der Waals surface area contributed by atoms with Crippen LogP contribution in [0.2, 0.25) is 0 Å². The average Bonchev–Trinajstić information content (AvgIpc) is 3.74. The fourth-order valence-corrected chi connectivity index (χ4v) is 6.70. The van der Waals surface area contributed by atoms with Crippen molar-refractivity contribution in [1.29, 1.82) is 0 Å². The van der Waals surface area contributed by atoms with Crippen LogP contribution in [0, 0.1) is 23.7 Å². The Kier molecular flexibility index (Phi) is 14.9. The highest BCUT2D eigenvalue weighted by Gasteiger charge is 2.50. The lowest BCUT2D eigenvalue weighted by molar-refractivity contribution is -0.183. The highest BCUT2D eigenvalue weighted by atomic mass is 19.4. The number of nitrogens with one attached hydrogen (secondary N) is 1. The number of anilines is 1. The van der Waals surface area contributed by atoms with E-state index in [0.717, 1.165) is 56.6 Å². The third-order valence-corrected chi connectivity index (χ3v) is 10.8. The summed E-state index contributed by atoms with van der Waals surface area (Å²) in [6, 6.07) is 0. The zero-order valence-corrected chi connectivity index (χ0v) is 32.2. The maximum Gasteiger partial charge on any atom is 0.393 e. The number of carbonyl (C=O) groups is 2. The van der Waals surface area contributed by atoms with Crippen LogP contribution in [0.15, 0.2) is 17.8 Å². The average molecular weight is 706 g/mol. The van der Waals surface area contributed by atoms with E-state index in [1.165, 1.54) is 12.8 Å². The summed E-state index contributed by atoms with van der Waals surface area (Å²) in [5.74, 6) is -0.192. The van der Waals surface area contributed by atoms with Gasteiger partial charge in [0.05, 0.1) is 17.8 Å². The number of hydrogen-bond acceptors (Lipinski definition) is 7. The number of nitrogens with zero attached hydrogens (tertiary/aromatic N) is 6. The highest BCUT2D eigenvalue weighted by Crippen LogP contribution is 2.44. The molecule has 1 N–H and O–H groups in total. The number of piperazine rings is 1. The lowest BCUT2D eigenvalue weighted by atomic mass is 9.86. The van der Waals surface area contributed by atoms with Gasteiger partial charge >= 0.3 is 6.18 Å². The first-order chi connectivity index (χ1) is 23.6. The molecule has 2 aliphatic heterocycles. The molecule has 3 unspecified atom stereocenters. The number of Topliss-reactive ketones (excluding diaryl/α,β-unsaturated/α-hetero) is 1. The third-order valence-electron chi connectivity index (χ3n) is 10.8. The number of imidazole rings is 1. The molecule has 1 saturated carbocycles. The van der Waals surface area contributed by atoms with Gasteiger partial charge in [-0.15, -0.1) is 0 Å². The molecule has 0 aromatic carbocycles. The standard InChI is InChI=1S/C28H42F3N7O.C8H14O.C2H6/c1-5-18(2)7-6-8-19(3)23-16-38-26(33-23)34-24(37-12-11-36(4)27(17-37)9-10-27)22(35-38)14-20-13-21(28(29,30)31)15-32-25(20)39;1-5-7(4)8(9)6(2)3;1-2/h16,18-21H,5-15,17H2,1-4H3,(H,32,39);5-6H,1-4H3;1-2H3/b;7-5+;/t18?,19?,20-,21?;;/m1../s1. The van der Waals surface area contributed by atoms with Crippen molar-refractivity contribution in [2.24, 2.45) is 23.7 Å². The molecule has 12 heteroatoms. The van der Waals surface area contributed by atoms with Crippen molar-refractivity contribution < 1.29 is 22.8 Å². The molecule has 0 radical (unpaired) electrons. The quantitative estimate of drug-likeness (QED) is 0.239. The van der Waals surface area contributed by atoms with Crippen LogP contribution in [0.3, 0.4) is 0 Å². The Morgan fingerprint density at radius 1 is 1.12 bits per heavy atom. The Hall–Kier alpha value is -3.02. The van der Waals surface area contributed by atoms with Gasteiger partial charge in [0.15, 0.2) is 11.6 Å². The summed E-state index contributed by atoms with van der Waals surface area (Å²) in [6.07, 6.45) is 6.04. The molecular formula is C38H62F3N7O2. The zero-order chi connectivity index (χ0) is 37.4. The third kappa shape index (κ3) is 10.5. The number of amides is 1. The van der Waals surface area contributed by atoms with E-state index in [1.807, 2.05) is 53.8 Å². The second-order valence-electron chi connectivity index (χ2n) is 14.8. The van der Waals surface area contributed by atoms with Gasteiger partial charge in [-0.05, 0) is 58.1 Å². The Labute approximate surface area is 297 Å². The molecule has 50 heavy (non-hydrogen) atoms. The first-order valence-corrected chi connectivity index (χ1v) is 18.8. The van der Waals surface area contributed by atoms with Crippen molar-refractivity contribution >= 4 is 23.3 Å². The van der Waals surface area contributed by atoms with Gasteiger partial charge in [0.1, 0.15) is 5.69 Å². The fraction of sp³-hybridized carbons (Fsp3) is 0.763. The second-order valence-corrected chi connectivity index (χ2v) is 14.8. The number of alkyl halides is 3. The largest absolute Gasteiger partial charge is 0.393 e. The zero-order valence-electron chi connectivity index (χ0n) is 32.2. The van der Waals surface area contributed by atoms with Crippen LogP contribution >= 0.6 is 0 Å². The van der Waals surface area contributed by atoms with Gasteiger partial charge in [0.25, 0.3) is 5.78 Å². The van der Waals surface area contributed by atoms with E-state index >= 15 is 0 Å². The van der Waals surface area contributed by atoms with Gasteiger partial charge in [-0.2, -0.15) is 23.3 Å². The maximum absolute atomic E-state index is 13.5. The number of rotatable bonds is 11. The lowest BCUT2D eigenvalue weighted by Crippen LogP contribution is -2.54. The van der Waals surface area contributed by atoms with Gasteiger partial charge in [-0.25, -0.2) is 9.50 Å². The van der Waals surface area contributed by atoms with Crippen LogP contribution in [-0.2, 0) is 16.0 Å². The van der Waals surface area contributed by atoms with Crippen molar-refractivity contribution in [3.05, 3.63) is 29.2 Å². The monoisotopic (exact) mass is 705 g/mol. The molecule has 9 nitrogen and oxygen atoms in total. The molecule has 0 bridgehead atoms. The number of likely N-dealkylation sites (N-methyl/N-ethyl adjacent to an activating group) is 1. The first-order valence-electron chi connectivity index (χ1n) is 18.8. The molecule has 3 fully saturated rings. The Morgan fingerprint density at radius 3 is 2.36 bits per heavy atom. The normalized spacial score (nSPS) is 22.0. The molecule has 5 rings (SSSR count). The Morgan fingerprint density at radius 2 is 1.80 bits per heavy atom. The summed E-state index contributed by atoms with van der Waals surface area (Å²) in [4.78, 5) is 38.1. The smallest absolute Gasteiger partial charge is 0.355 e. The van der Waals surface area contributed by atoms with Gasteiger partial charge in [0.2, 0.25) is 5.91 Å². The first kappa shape index (κ1) is 41.4.